The van der Waals surface area contributed by atoms with E-state index in [1.54, 1.807) is 13.8 Å². The number of hydrogen-bond donors (Lipinski definition) is 2. The van der Waals surface area contributed by atoms with Crippen molar-refractivity contribution < 1.29 is 22.7 Å². The van der Waals surface area contributed by atoms with E-state index in [4.69, 9.17) is 5.11 Å². The SMILES string of the molecule is CC(C)C[C@H](NS(=O)(=O)c1ccc(F)cc1)C(=O)O. The summed E-state index contributed by atoms with van der Waals surface area (Å²) in [6.45, 7) is 3.59. The number of benzene rings is 1. The molecule has 0 heterocycles. The molecule has 1 aromatic rings. The summed E-state index contributed by atoms with van der Waals surface area (Å²) < 4.78 is 38.7. The summed E-state index contributed by atoms with van der Waals surface area (Å²) in [4.78, 5) is 10.8. The molecule has 7 heteroatoms. The molecule has 106 valence electrons. The van der Waals surface area contributed by atoms with E-state index in [0.717, 1.165) is 24.3 Å². The zero-order valence-corrected chi connectivity index (χ0v) is 11.4. The van der Waals surface area contributed by atoms with Crippen molar-refractivity contribution in [1.82, 2.24) is 4.72 Å². The molecule has 0 radical (unpaired) electrons. The van der Waals surface area contributed by atoms with Crippen LogP contribution >= 0.6 is 0 Å². The molecule has 0 unspecified atom stereocenters. The maximum Gasteiger partial charge on any atom is 0.321 e. The van der Waals surface area contributed by atoms with Gasteiger partial charge in [-0.3, -0.25) is 4.79 Å². The predicted molar refractivity (Wildman–Crippen MR) is 67.6 cm³/mol. The second-order valence-electron chi connectivity index (χ2n) is 4.60. The number of carbonyl (C=O) groups is 1. The highest BCUT2D eigenvalue weighted by atomic mass is 32.2. The molecule has 0 fully saturated rings. The van der Waals surface area contributed by atoms with Crippen LogP contribution in [0.15, 0.2) is 29.2 Å². The molecule has 0 aliphatic rings. The maximum absolute atomic E-state index is 12.7. The Hall–Kier alpha value is -1.47. The van der Waals surface area contributed by atoms with Crippen LogP contribution in [0.5, 0.6) is 0 Å². The summed E-state index contributed by atoms with van der Waals surface area (Å²) in [5, 5.41) is 8.99. The van der Waals surface area contributed by atoms with E-state index in [2.05, 4.69) is 4.72 Å². The summed E-state index contributed by atoms with van der Waals surface area (Å²) in [6.07, 6.45) is 0.176. The number of carboxylic acids is 1. The zero-order chi connectivity index (χ0) is 14.6. The molecular weight excluding hydrogens is 273 g/mol. The van der Waals surface area contributed by atoms with Gasteiger partial charge in [-0.05, 0) is 36.6 Å². The van der Waals surface area contributed by atoms with Gasteiger partial charge in [0.05, 0.1) is 4.90 Å². The van der Waals surface area contributed by atoms with Gasteiger partial charge in [-0.2, -0.15) is 4.72 Å². The molecule has 0 aromatic heterocycles. The van der Waals surface area contributed by atoms with Crippen molar-refractivity contribution in [3.8, 4) is 0 Å². The average molecular weight is 289 g/mol. The lowest BCUT2D eigenvalue weighted by molar-refractivity contribution is -0.139. The topological polar surface area (TPSA) is 83.5 Å². The highest BCUT2D eigenvalue weighted by molar-refractivity contribution is 7.89. The van der Waals surface area contributed by atoms with E-state index >= 15 is 0 Å². The first kappa shape index (κ1) is 15.6. The van der Waals surface area contributed by atoms with Crippen molar-refractivity contribution in [3.05, 3.63) is 30.1 Å². The second kappa shape index (κ2) is 6.12. The largest absolute Gasteiger partial charge is 0.480 e. The van der Waals surface area contributed by atoms with E-state index in [9.17, 15) is 17.6 Å². The third-order valence-corrected chi connectivity index (χ3v) is 3.91. The van der Waals surface area contributed by atoms with Gasteiger partial charge in [0.15, 0.2) is 0 Å². The number of carboxylic acid groups (broad SMARTS) is 1. The van der Waals surface area contributed by atoms with Crippen LogP contribution in [0.2, 0.25) is 0 Å². The smallest absolute Gasteiger partial charge is 0.321 e. The van der Waals surface area contributed by atoms with E-state index in [1.807, 2.05) is 0 Å². The van der Waals surface area contributed by atoms with E-state index < -0.39 is 27.9 Å². The van der Waals surface area contributed by atoms with Crippen molar-refractivity contribution in [3.63, 3.8) is 0 Å². The molecule has 0 bridgehead atoms. The maximum atomic E-state index is 12.7. The van der Waals surface area contributed by atoms with E-state index in [1.165, 1.54) is 0 Å². The highest BCUT2D eigenvalue weighted by Crippen LogP contribution is 2.13. The van der Waals surface area contributed by atoms with Gasteiger partial charge >= 0.3 is 5.97 Å². The first-order valence-electron chi connectivity index (χ1n) is 5.73. The molecular formula is C12H16FNO4S. The van der Waals surface area contributed by atoms with Crippen LogP contribution in [0.4, 0.5) is 4.39 Å². The van der Waals surface area contributed by atoms with Gasteiger partial charge in [0.2, 0.25) is 10.0 Å². The standard InChI is InChI=1S/C12H16FNO4S/c1-8(2)7-11(12(15)16)14-19(17,18)10-5-3-9(13)4-6-10/h3-6,8,11,14H,7H2,1-2H3,(H,15,16)/t11-/m0/s1. The Morgan fingerprint density at radius 2 is 1.84 bits per heavy atom. The number of sulfonamides is 1. The molecule has 0 aliphatic heterocycles. The van der Waals surface area contributed by atoms with Crippen molar-refractivity contribution >= 4 is 16.0 Å². The van der Waals surface area contributed by atoms with Gasteiger partial charge in [-0.1, -0.05) is 13.8 Å². The Morgan fingerprint density at radius 3 is 2.26 bits per heavy atom. The minimum Gasteiger partial charge on any atom is -0.480 e. The van der Waals surface area contributed by atoms with Crippen LogP contribution in [-0.2, 0) is 14.8 Å². The highest BCUT2D eigenvalue weighted by Gasteiger charge is 2.25. The predicted octanol–water partition coefficient (Wildman–Crippen LogP) is 1.60. The summed E-state index contributed by atoms with van der Waals surface area (Å²) in [7, 11) is -3.96. The van der Waals surface area contributed by atoms with Crippen molar-refractivity contribution in [2.24, 2.45) is 5.92 Å². The monoisotopic (exact) mass is 289 g/mol. The van der Waals surface area contributed by atoms with Gasteiger partial charge in [0, 0.05) is 0 Å². The third kappa shape index (κ3) is 4.60. The number of nitrogens with one attached hydrogen (secondary N) is 1. The van der Waals surface area contributed by atoms with Crippen LogP contribution in [0.1, 0.15) is 20.3 Å². The average Bonchev–Trinajstić information content (AvgIpc) is 2.27. The molecule has 5 nitrogen and oxygen atoms in total. The first-order chi connectivity index (χ1) is 8.72. The Bertz CT molecular complexity index is 539. The Morgan fingerprint density at radius 1 is 1.32 bits per heavy atom. The van der Waals surface area contributed by atoms with Gasteiger partial charge in [0.25, 0.3) is 0 Å². The molecule has 1 aromatic carbocycles. The molecule has 0 saturated heterocycles. The van der Waals surface area contributed by atoms with Gasteiger partial charge in [0.1, 0.15) is 11.9 Å². The van der Waals surface area contributed by atoms with Crippen molar-refractivity contribution in [2.75, 3.05) is 0 Å². The Labute approximate surface area is 111 Å². The molecule has 2 N–H and O–H groups in total. The van der Waals surface area contributed by atoms with Crippen LogP contribution in [0.3, 0.4) is 0 Å². The summed E-state index contributed by atoms with van der Waals surface area (Å²) in [5.74, 6) is -1.77. The number of aliphatic carboxylic acids is 1. The Kier molecular flexibility index (Phi) is 5.02. The fourth-order valence-electron chi connectivity index (χ4n) is 1.54. The van der Waals surface area contributed by atoms with Crippen molar-refractivity contribution in [1.29, 1.82) is 0 Å². The fraction of sp³-hybridized carbons (Fsp3) is 0.417. The number of rotatable bonds is 6. The molecule has 19 heavy (non-hydrogen) atoms. The van der Waals surface area contributed by atoms with Crippen LogP contribution in [0, 0.1) is 11.7 Å². The molecule has 1 rings (SSSR count). The lowest BCUT2D eigenvalue weighted by Crippen LogP contribution is -2.41. The molecule has 0 saturated carbocycles. The quantitative estimate of drug-likeness (QED) is 0.833. The zero-order valence-electron chi connectivity index (χ0n) is 10.6. The molecule has 0 spiro atoms. The van der Waals surface area contributed by atoms with E-state index in [0.29, 0.717) is 0 Å². The van der Waals surface area contributed by atoms with Crippen LogP contribution in [-0.4, -0.2) is 25.5 Å². The lowest BCUT2D eigenvalue weighted by Gasteiger charge is -2.16. The summed E-state index contributed by atoms with van der Waals surface area (Å²) in [5.41, 5.74) is 0. The van der Waals surface area contributed by atoms with Crippen molar-refractivity contribution in [2.45, 2.75) is 31.2 Å². The molecule has 0 aliphatic carbocycles. The van der Waals surface area contributed by atoms with Gasteiger partial charge in [-0.15, -0.1) is 0 Å². The minimum absolute atomic E-state index is 0.0250. The lowest BCUT2D eigenvalue weighted by atomic mass is 10.1. The van der Waals surface area contributed by atoms with Crippen LogP contribution in [0.25, 0.3) is 0 Å². The third-order valence-electron chi connectivity index (χ3n) is 2.43. The minimum atomic E-state index is -3.96. The number of halogens is 1. The summed E-state index contributed by atoms with van der Waals surface area (Å²) >= 11 is 0. The number of hydrogen-bond acceptors (Lipinski definition) is 3. The van der Waals surface area contributed by atoms with E-state index in [-0.39, 0.29) is 17.2 Å². The second-order valence-corrected chi connectivity index (χ2v) is 6.31. The van der Waals surface area contributed by atoms with Gasteiger partial charge in [-0.25, -0.2) is 12.8 Å². The normalized spacial score (nSPS) is 13.5. The molecule has 1 atom stereocenters. The Balaban J connectivity index is 2.94. The van der Waals surface area contributed by atoms with Crippen LogP contribution < -0.4 is 4.72 Å². The fourth-order valence-corrected chi connectivity index (χ4v) is 2.74. The molecule has 0 amide bonds. The summed E-state index contributed by atoms with van der Waals surface area (Å²) in [6, 6.07) is 2.99. The first-order valence-corrected chi connectivity index (χ1v) is 7.21. The van der Waals surface area contributed by atoms with Gasteiger partial charge < -0.3 is 5.11 Å².